The van der Waals surface area contributed by atoms with Gasteiger partial charge in [-0.05, 0) is 51.4 Å². The summed E-state index contributed by atoms with van der Waals surface area (Å²) in [6.45, 7) is 12.3. The Hall–Kier alpha value is -1.14. The summed E-state index contributed by atoms with van der Waals surface area (Å²) in [6, 6.07) is 0.674. The molecule has 1 aliphatic heterocycles. The van der Waals surface area contributed by atoms with E-state index in [1.807, 2.05) is 0 Å². The van der Waals surface area contributed by atoms with Crippen molar-refractivity contribution >= 4 is 11.8 Å². The third-order valence-corrected chi connectivity index (χ3v) is 7.77. The second-order valence-electron chi connectivity index (χ2n) is 10.8. The Morgan fingerprint density at radius 3 is 1.80 bits per heavy atom. The third-order valence-electron chi connectivity index (χ3n) is 7.77. The number of piperazine rings is 1. The molecule has 2 aliphatic carbocycles. The number of nitrogens with zero attached hydrogens (tertiary/aromatic N) is 2. The largest absolute Gasteiger partial charge is 0.352 e. The highest BCUT2D eigenvalue weighted by Gasteiger charge is 2.36. The summed E-state index contributed by atoms with van der Waals surface area (Å²) in [7, 11) is 0. The molecule has 0 aromatic heterocycles. The van der Waals surface area contributed by atoms with Crippen LogP contribution in [0.4, 0.5) is 0 Å². The molecule has 0 bridgehead atoms. The summed E-state index contributed by atoms with van der Waals surface area (Å²) in [5.41, 5.74) is -0.119. The van der Waals surface area contributed by atoms with Crippen LogP contribution >= 0.6 is 0 Å². The Kier molecular flexibility index (Phi) is 8.19. The van der Waals surface area contributed by atoms with Gasteiger partial charge in [-0.1, -0.05) is 39.5 Å². The van der Waals surface area contributed by atoms with Gasteiger partial charge < -0.3 is 10.6 Å². The van der Waals surface area contributed by atoms with Crippen LogP contribution in [0, 0.1) is 11.8 Å². The molecular weight excluding hydrogens is 376 g/mol. The molecule has 30 heavy (non-hydrogen) atoms. The van der Waals surface area contributed by atoms with E-state index in [1.54, 1.807) is 0 Å². The molecule has 6 heteroatoms. The van der Waals surface area contributed by atoms with Gasteiger partial charge >= 0.3 is 0 Å². The average molecular weight is 421 g/mol. The molecule has 3 fully saturated rings. The zero-order valence-corrected chi connectivity index (χ0v) is 19.7. The summed E-state index contributed by atoms with van der Waals surface area (Å²) in [6.07, 6.45) is 9.69. The molecule has 0 radical (unpaired) electrons. The van der Waals surface area contributed by atoms with E-state index < -0.39 is 0 Å². The van der Waals surface area contributed by atoms with Gasteiger partial charge in [-0.15, -0.1) is 0 Å². The number of carbonyl (C=O) groups is 2. The van der Waals surface area contributed by atoms with Gasteiger partial charge in [0, 0.05) is 37.3 Å². The van der Waals surface area contributed by atoms with E-state index in [4.69, 9.17) is 0 Å². The standard InChI is InChI=1S/C24H44N4O2/c1-18-9-5-7-11-20(18)25-22(29)15-27-13-14-28(24(3,4)17-27)16-23(30)26-21-12-8-6-10-19(21)2/h18-21H,5-17H2,1-4H3,(H,25,29)(H,26,30)/t18-,19+,20+,21-/m1/s1. The Labute approximate surface area is 183 Å². The van der Waals surface area contributed by atoms with Gasteiger partial charge in [-0.25, -0.2) is 0 Å². The normalized spacial score (nSPS) is 33.1. The van der Waals surface area contributed by atoms with Crippen molar-refractivity contribution in [2.24, 2.45) is 11.8 Å². The Morgan fingerprint density at radius 1 is 0.800 bits per heavy atom. The summed E-state index contributed by atoms with van der Waals surface area (Å²) < 4.78 is 0. The van der Waals surface area contributed by atoms with Crippen LogP contribution in [0.5, 0.6) is 0 Å². The van der Waals surface area contributed by atoms with Gasteiger partial charge in [0.2, 0.25) is 11.8 Å². The maximum atomic E-state index is 12.7. The van der Waals surface area contributed by atoms with Crippen molar-refractivity contribution in [3.8, 4) is 0 Å². The summed E-state index contributed by atoms with van der Waals surface area (Å²) in [5, 5.41) is 6.57. The van der Waals surface area contributed by atoms with E-state index in [0.717, 1.165) is 32.5 Å². The molecule has 2 N–H and O–H groups in total. The lowest BCUT2D eigenvalue weighted by Crippen LogP contribution is -2.62. The van der Waals surface area contributed by atoms with Gasteiger partial charge in [0.25, 0.3) is 0 Å². The van der Waals surface area contributed by atoms with Crippen LogP contribution in [0.25, 0.3) is 0 Å². The van der Waals surface area contributed by atoms with Crippen LogP contribution in [0.15, 0.2) is 0 Å². The molecule has 0 aromatic rings. The van der Waals surface area contributed by atoms with Gasteiger partial charge in [0.1, 0.15) is 0 Å². The molecule has 0 aromatic carbocycles. The highest BCUT2D eigenvalue weighted by atomic mass is 16.2. The fourth-order valence-corrected chi connectivity index (χ4v) is 5.66. The highest BCUT2D eigenvalue weighted by Crippen LogP contribution is 2.25. The van der Waals surface area contributed by atoms with E-state index in [-0.39, 0.29) is 17.4 Å². The lowest BCUT2D eigenvalue weighted by molar-refractivity contribution is -0.129. The van der Waals surface area contributed by atoms with Gasteiger partial charge in [-0.2, -0.15) is 0 Å². The van der Waals surface area contributed by atoms with Gasteiger partial charge in [0.15, 0.2) is 0 Å². The van der Waals surface area contributed by atoms with E-state index in [1.165, 1.54) is 38.5 Å². The monoisotopic (exact) mass is 420 g/mol. The number of nitrogens with one attached hydrogen (secondary N) is 2. The number of amides is 2. The molecule has 3 aliphatic rings. The molecule has 0 unspecified atom stereocenters. The Balaban J connectivity index is 1.44. The number of rotatable bonds is 6. The van der Waals surface area contributed by atoms with Crippen molar-refractivity contribution in [2.75, 3.05) is 32.7 Å². The molecule has 4 atom stereocenters. The minimum Gasteiger partial charge on any atom is -0.352 e. The quantitative estimate of drug-likeness (QED) is 0.694. The summed E-state index contributed by atoms with van der Waals surface area (Å²) in [5.74, 6) is 1.47. The predicted molar refractivity (Wildman–Crippen MR) is 121 cm³/mol. The van der Waals surface area contributed by atoms with Crippen LogP contribution in [0.2, 0.25) is 0 Å². The Bertz CT molecular complexity index is 594. The first-order chi connectivity index (χ1) is 14.2. The zero-order valence-electron chi connectivity index (χ0n) is 19.7. The lowest BCUT2D eigenvalue weighted by Gasteiger charge is -2.47. The summed E-state index contributed by atoms with van der Waals surface area (Å²) in [4.78, 5) is 29.8. The summed E-state index contributed by atoms with van der Waals surface area (Å²) >= 11 is 0. The molecule has 172 valence electrons. The predicted octanol–water partition coefficient (Wildman–Crippen LogP) is 2.77. The van der Waals surface area contributed by atoms with Crippen molar-refractivity contribution in [1.29, 1.82) is 0 Å². The smallest absolute Gasteiger partial charge is 0.234 e. The van der Waals surface area contributed by atoms with E-state index in [9.17, 15) is 9.59 Å². The van der Waals surface area contributed by atoms with E-state index in [0.29, 0.717) is 37.0 Å². The number of hydrogen-bond acceptors (Lipinski definition) is 4. The molecule has 2 saturated carbocycles. The number of carbonyl (C=O) groups excluding carboxylic acids is 2. The fourth-order valence-electron chi connectivity index (χ4n) is 5.66. The van der Waals surface area contributed by atoms with Crippen molar-refractivity contribution in [3.05, 3.63) is 0 Å². The van der Waals surface area contributed by atoms with Crippen LogP contribution in [-0.2, 0) is 9.59 Å². The minimum atomic E-state index is -0.119. The maximum Gasteiger partial charge on any atom is 0.234 e. The van der Waals surface area contributed by atoms with Crippen molar-refractivity contribution < 1.29 is 9.59 Å². The fraction of sp³-hybridized carbons (Fsp3) is 0.917. The molecule has 1 saturated heterocycles. The van der Waals surface area contributed by atoms with Crippen LogP contribution in [0.3, 0.4) is 0 Å². The zero-order chi connectivity index (χ0) is 21.7. The Morgan fingerprint density at radius 2 is 1.30 bits per heavy atom. The van der Waals surface area contributed by atoms with Gasteiger partial charge in [-0.3, -0.25) is 19.4 Å². The van der Waals surface area contributed by atoms with Crippen LogP contribution in [-0.4, -0.2) is 72.0 Å². The second kappa shape index (κ2) is 10.4. The maximum absolute atomic E-state index is 12.7. The van der Waals surface area contributed by atoms with Crippen LogP contribution in [0.1, 0.15) is 79.1 Å². The van der Waals surface area contributed by atoms with Crippen LogP contribution < -0.4 is 10.6 Å². The lowest BCUT2D eigenvalue weighted by atomic mass is 9.86. The van der Waals surface area contributed by atoms with E-state index in [2.05, 4.69) is 48.1 Å². The highest BCUT2D eigenvalue weighted by molar-refractivity contribution is 5.79. The minimum absolute atomic E-state index is 0.119. The first-order valence-electron chi connectivity index (χ1n) is 12.3. The molecule has 2 amide bonds. The molecule has 6 nitrogen and oxygen atoms in total. The SMILES string of the molecule is C[C@@H]1CCCC[C@@H]1NC(=O)CN1CCN(CC(=O)N[C@@H]2CCCC[C@@H]2C)C(C)(C)C1. The second-order valence-corrected chi connectivity index (χ2v) is 10.8. The molecule has 3 rings (SSSR count). The molecular formula is C24H44N4O2. The first-order valence-corrected chi connectivity index (χ1v) is 12.3. The van der Waals surface area contributed by atoms with Crippen molar-refractivity contribution in [1.82, 2.24) is 20.4 Å². The topological polar surface area (TPSA) is 64.7 Å². The number of hydrogen-bond donors (Lipinski definition) is 2. The first kappa shape index (κ1) is 23.5. The third kappa shape index (κ3) is 6.43. The van der Waals surface area contributed by atoms with Crippen molar-refractivity contribution in [3.63, 3.8) is 0 Å². The van der Waals surface area contributed by atoms with Gasteiger partial charge in [0.05, 0.1) is 13.1 Å². The van der Waals surface area contributed by atoms with Crippen molar-refractivity contribution in [2.45, 2.75) is 96.7 Å². The molecule has 1 heterocycles. The molecule has 0 spiro atoms. The van der Waals surface area contributed by atoms with E-state index >= 15 is 0 Å². The average Bonchev–Trinajstić information content (AvgIpc) is 2.67.